The van der Waals surface area contributed by atoms with E-state index < -0.39 is 26.3 Å². The Bertz CT molecular complexity index is 899. The molecule has 166 valence electrons. The molecule has 0 amide bonds. The van der Waals surface area contributed by atoms with Crippen molar-refractivity contribution in [3.05, 3.63) is 70.3 Å². The summed E-state index contributed by atoms with van der Waals surface area (Å²) in [7, 11) is -2.84. The van der Waals surface area contributed by atoms with E-state index in [2.05, 4.69) is 91.9 Å². The molecule has 0 saturated carbocycles. The molecule has 1 heterocycles. The molecule has 4 rings (SSSR count). The normalized spacial score (nSPS) is 28.2. The Hall–Kier alpha value is -1.03. The van der Waals surface area contributed by atoms with Crippen molar-refractivity contribution >= 4 is 41.3 Å². The van der Waals surface area contributed by atoms with Crippen molar-refractivity contribution in [1.82, 2.24) is 0 Å². The molecule has 31 heavy (non-hydrogen) atoms. The number of benzene rings is 2. The molecule has 1 N–H and O–H groups in total. The third-order valence-electron chi connectivity index (χ3n) is 6.13. The SMILES string of the molecule is CC1(C)O[C@H]2[C@H](O[Si](c3ccccc3)(c3ccccc3)C(C)(C)C)[C@H](O)C(I)=C[C@H]2O1. The summed E-state index contributed by atoms with van der Waals surface area (Å²) in [4.78, 5) is 0. The molecule has 0 spiro atoms. The molecule has 2 aromatic rings. The van der Waals surface area contributed by atoms with Crippen LogP contribution in [0.3, 0.4) is 0 Å². The second-order valence-corrected chi connectivity index (χ2v) is 15.3. The van der Waals surface area contributed by atoms with Crippen molar-refractivity contribution in [2.45, 2.75) is 69.9 Å². The van der Waals surface area contributed by atoms with Crippen LogP contribution in [0.2, 0.25) is 5.04 Å². The van der Waals surface area contributed by atoms with Gasteiger partial charge >= 0.3 is 0 Å². The van der Waals surface area contributed by atoms with Crippen LogP contribution in [-0.2, 0) is 13.9 Å². The predicted molar refractivity (Wildman–Crippen MR) is 134 cm³/mol. The molecule has 1 aliphatic heterocycles. The van der Waals surface area contributed by atoms with Gasteiger partial charge < -0.3 is 19.0 Å². The maximum atomic E-state index is 11.3. The average molecular weight is 551 g/mol. The molecule has 0 unspecified atom stereocenters. The summed E-state index contributed by atoms with van der Waals surface area (Å²) in [6.45, 7) is 10.5. The minimum atomic E-state index is -2.84. The van der Waals surface area contributed by atoms with Crippen molar-refractivity contribution in [1.29, 1.82) is 0 Å². The van der Waals surface area contributed by atoms with E-state index >= 15 is 0 Å². The van der Waals surface area contributed by atoms with Gasteiger partial charge in [-0.05, 0) is 57.9 Å². The second-order valence-electron chi connectivity index (χ2n) is 9.81. The lowest BCUT2D eigenvalue weighted by molar-refractivity contribution is -0.156. The zero-order chi connectivity index (χ0) is 22.4. The standard InChI is InChI=1S/C25H31IO4Si/c1-24(2,3)31(17-12-8-6-9-13-17,18-14-10-7-11-15-18)30-23-21(27)19(26)16-20-22(23)29-25(4,5)28-20/h6-16,20-23,27H,1-5H3/t20-,21-,22-,23-/m1/s1. The molecular formula is C25H31IO4Si. The summed E-state index contributed by atoms with van der Waals surface area (Å²) < 4.78 is 20.5. The lowest BCUT2D eigenvalue weighted by Crippen LogP contribution is -2.70. The lowest BCUT2D eigenvalue weighted by atomic mass is 9.96. The molecule has 1 saturated heterocycles. The van der Waals surface area contributed by atoms with Gasteiger partial charge in [-0.15, -0.1) is 0 Å². The van der Waals surface area contributed by atoms with Crippen LogP contribution in [-0.4, -0.2) is 43.6 Å². The number of aliphatic hydroxyl groups excluding tert-OH is 1. The Kier molecular flexibility index (Phi) is 6.26. The molecule has 2 aliphatic rings. The Morgan fingerprint density at radius 2 is 1.45 bits per heavy atom. The molecule has 2 aromatic carbocycles. The highest BCUT2D eigenvalue weighted by Gasteiger charge is 2.57. The van der Waals surface area contributed by atoms with E-state index in [-0.39, 0.29) is 17.2 Å². The van der Waals surface area contributed by atoms with E-state index in [1.54, 1.807) is 0 Å². The monoisotopic (exact) mass is 550 g/mol. The van der Waals surface area contributed by atoms with Crippen LogP contribution < -0.4 is 10.4 Å². The maximum Gasteiger partial charge on any atom is 0.261 e. The van der Waals surface area contributed by atoms with Gasteiger partial charge in [0.1, 0.15) is 24.4 Å². The summed E-state index contributed by atoms with van der Waals surface area (Å²) in [6, 6.07) is 21.0. The van der Waals surface area contributed by atoms with Gasteiger partial charge in [0.25, 0.3) is 8.32 Å². The fourth-order valence-corrected chi connectivity index (χ4v) is 10.2. The quantitative estimate of drug-likeness (QED) is 0.460. The van der Waals surface area contributed by atoms with Gasteiger partial charge in [0.15, 0.2) is 5.79 Å². The molecule has 1 fully saturated rings. The van der Waals surface area contributed by atoms with Crippen LogP contribution in [0, 0.1) is 0 Å². The van der Waals surface area contributed by atoms with Crippen molar-refractivity contribution in [3.8, 4) is 0 Å². The predicted octanol–water partition coefficient (Wildman–Crippen LogP) is 4.15. The molecule has 6 heteroatoms. The van der Waals surface area contributed by atoms with Gasteiger partial charge in [-0.2, -0.15) is 0 Å². The van der Waals surface area contributed by atoms with Crippen LogP contribution in [0.25, 0.3) is 0 Å². The largest absolute Gasteiger partial charge is 0.399 e. The molecule has 0 aromatic heterocycles. The van der Waals surface area contributed by atoms with Gasteiger partial charge in [0.05, 0.1) is 0 Å². The molecule has 4 nitrogen and oxygen atoms in total. The topological polar surface area (TPSA) is 47.9 Å². The number of hydrogen-bond donors (Lipinski definition) is 1. The first-order chi connectivity index (χ1) is 14.6. The molecule has 1 aliphatic carbocycles. The second kappa shape index (κ2) is 8.39. The van der Waals surface area contributed by atoms with Crippen molar-refractivity contribution < 1.29 is 19.0 Å². The van der Waals surface area contributed by atoms with Gasteiger partial charge in [0, 0.05) is 3.58 Å². The zero-order valence-electron chi connectivity index (χ0n) is 18.7. The number of ether oxygens (including phenoxy) is 2. The van der Waals surface area contributed by atoms with E-state index in [4.69, 9.17) is 13.9 Å². The minimum Gasteiger partial charge on any atom is -0.399 e. The average Bonchev–Trinajstić information content (AvgIpc) is 3.02. The Balaban J connectivity index is 1.88. The van der Waals surface area contributed by atoms with Gasteiger partial charge in [-0.1, -0.05) is 81.4 Å². The molecule has 4 atom stereocenters. The fourth-order valence-electron chi connectivity index (χ4n) is 4.82. The van der Waals surface area contributed by atoms with Gasteiger partial charge in [-0.25, -0.2) is 0 Å². The Morgan fingerprint density at radius 3 is 1.94 bits per heavy atom. The Labute approximate surface area is 199 Å². The van der Waals surface area contributed by atoms with Crippen LogP contribution in [0.1, 0.15) is 34.6 Å². The number of rotatable bonds is 4. The third kappa shape index (κ3) is 4.18. The minimum absolute atomic E-state index is 0.188. The van der Waals surface area contributed by atoms with Gasteiger partial charge in [0.2, 0.25) is 0 Å². The van der Waals surface area contributed by atoms with Crippen LogP contribution >= 0.6 is 22.6 Å². The van der Waals surface area contributed by atoms with Crippen LogP contribution in [0.5, 0.6) is 0 Å². The van der Waals surface area contributed by atoms with E-state index in [1.807, 2.05) is 32.1 Å². The summed E-state index contributed by atoms with van der Waals surface area (Å²) in [5.74, 6) is -0.722. The number of aliphatic hydroxyl groups is 1. The maximum absolute atomic E-state index is 11.3. The summed E-state index contributed by atoms with van der Waals surface area (Å²) >= 11 is 2.20. The van der Waals surface area contributed by atoms with E-state index in [0.717, 1.165) is 3.58 Å². The fraction of sp³-hybridized carbons (Fsp3) is 0.440. The first-order valence-electron chi connectivity index (χ1n) is 10.7. The van der Waals surface area contributed by atoms with E-state index in [9.17, 15) is 5.11 Å². The van der Waals surface area contributed by atoms with E-state index in [0.29, 0.717) is 0 Å². The Morgan fingerprint density at radius 1 is 0.935 bits per heavy atom. The third-order valence-corrected chi connectivity index (χ3v) is 12.2. The first kappa shape index (κ1) is 23.1. The summed E-state index contributed by atoms with van der Waals surface area (Å²) in [5, 5.41) is 13.4. The number of hydrogen-bond acceptors (Lipinski definition) is 4. The summed E-state index contributed by atoms with van der Waals surface area (Å²) in [5.41, 5.74) is 0. The molecule has 0 bridgehead atoms. The number of fused-ring (bicyclic) bond motifs is 1. The lowest BCUT2D eigenvalue weighted by Gasteiger charge is -2.47. The van der Waals surface area contributed by atoms with Crippen molar-refractivity contribution in [2.24, 2.45) is 0 Å². The van der Waals surface area contributed by atoms with Crippen LogP contribution in [0.4, 0.5) is 0 Å². The van der Waals surface area contributed by atoms with Crippen LogP contribution in [0.15, 0.2) is 70.3 Å². The smallest absolute Gasteiger partial charge is 0.261 e. The molecular weight excluding hydrogens is 519 g/mol. The van der Waals surface area contributed by atoms with Crippen molar-refractivity contribution in [3.63, 3.8) is 0 Å². The zero-order valence-corrected chi connectivity index (χ0v) is 21.9. The first-order valence-corrected chi connectivity index (χ1v) is 13.7. The van der Waals surface area contributed by atoms with E-state index in [1.165, 1.54) is 10.4 Å². The highest BCUT2D eigenvalue weighted by Crippen LogP contribution is 2.43. The number of halogens is 1. The summed E-state index contributed by atoms with van der Waals surface area (Å²) in [6.07, 6.45) is 0.0604. The van der Waals surface area contributed by atoms with Gasteiger partial charge in [-0.3, -0.25) is 0 Å². The highest BCUT2D eigenvalue weighted by molar-refractivity contribution is 14.1. The molecule has 0 radical (unpaired) electrons. The highest BCUT2D eigenvalue weighted by atomic mass is 127. The van der Waals surface area contributed by atoms with Crippen molar-refractivity contribution in [2.75, 3.05) is 0 Å².